The molecule has 0 atom stereocenters. The predicted molar refractivity (Wildman–Crippen MR) is 70.0 cm³/mol. The van der Waals surface area contributed by atoms with Gasteiger partial charge in [0.25, 0.3) is 5.56 Å². The van der Waals surface area contributed by atoms with Crippen molar-refractivity contribution < 1.29 is 4.74 Å². The molecule has 0 saturated heterocycles. The summed E-state index contributed by atoms with van der Waals surface area (Å²) < 4.78 is 6.48. The minimum atomic E-state index is -0.230. The Morgan fingerprint density at radius 2 is 2.17 bits per heavy atom. The Kier molecular flexibility index (Phi) is 3.53. The normalized spacial score (nSPS) is 10.3. The van der Waals surface area contributed by atoms with Crippen LogP contribution in [0.15, 0.2) is 35.1 Å². The quantitative estimate of drug-likeness (QED) is 0.914. The number of nitrogens with two attached hydrogens (primary N) is 1. The minimum absolute atomic E-state index is 0.230. The van der Waals surface area contributed by atoms with Crippen molar-refractivity contribution in [3.05, 3.63) is 51.3 Å². The predicted octanol–water partition coefficient (Wildman–Crippen LogP) is 1.54. The number of anilines is 1. The van der Waals surface area contributed by atoms with E-state index in [0.717, 1.165) is 5.56 Å². The summed E-state index contributed by atoms with van der Waals surface area (Å²) in [7, 11) is 1.56. The molecule has 2 rings (SSSR count). The van der Waals surface area contributed by atoms with Gasteiger partial charge in [-0.3, -0.25) is 4.79 Å². The van der Waals surface area contributed by atoms with E-state index >= 15 is 0 Å². The van der Waals surface area contributed by atoms with Gasteiger partial charge in [0.2, 0.25) is 0 Å². The Labute approximate surface area is 109 Å². The molecule has 0 bridgehead atoms. The third-order valence-corrected chi connectivity index (χ3v) is 2.68. The first-order valence-electron chi connectivity index (χ1n) is 5.26. The molecular formula is C12H12ClN3O2. The van der Waals surface area contributed by atoms with Gasteiger partial charge in [-0.05, 0) is 24.3 Å². The van der Waals surface area contributed by atoms with Crippen LogP contribution in [0.3, 0.4) is 0 Å². The maximum Gasteiger partial charge on any atom is 0.267 e. The first kappa shape index (κ1) is 12.4. The zero-order valence-corrected chi connectivity index (χ0v) is 10.5. The van der Waals surface area contributed by atoms with Gasteiger partial charge in [-0.15, -0.1) is 0 Å². The summed E-state index contributed by atoms with van der Waals surface area (Å²) >= 11 is 5.92. The lowest BCUT2D eigenvalue weighted by atomic mass is 10.2. The van der Waals surface area contributed by atoms with E-state index in [4.69, 9.17) is 22.1 Å². The van der Waals surface area contributed by atoms with Crippen molar-refractivity contribution in [3.8, 4) is 5.75 Å². The third-order valence-electron chi connectivity index (χ3n) is 2.45. The number of hydrogen-bond donors (Lipinski definition) is 1. The van der Waals surface area contributed by atoms with Gasteiger partial charge < -0.3 is 10.5 Å². The van der Waals surface area contributed by atoms with Crippen molar-refractivity contribution in [1.29, 1.82) is 0 Å². The first-order valence-corrected chi connectivity index (χ1v) is 5.64. The molecule has 1 aromatic heterocycles. The zero-order valence-electron chi connectivity index (χ0n) is 9.76. The van der Waals surface area contributed by atoms with Crippen LogP contribution in [0, 0.1) is 0 Å². The molecule has 1 aromatic carbocycles. The summed E-state index contributed by atoms with van der Waals surface area (Å²) in [5.41, 5.74) is 6.09. The van der Waals surface area contributed by atoms with Gasteiger partial charge in [0.05, 0.1) is 13.7 Å². The van der Waals surface area contributed by atoms with E-state index in [1.165, 1.54) is 16.8 Å². The average Bonchev–Trinajstić information content (AvgIpc) is 2.34. The van der Waals surface area contributed by atoms with E-state index in [9.17, 15) is 4.79 Å². The van der Waals surface area contributed by atoms with Crippen molar-refractivity contribution in [2.45, 2.75) is 6.54 Å². The van der Waals surface area contributed by atoms with Crippen LogP contribution in [-0.2, 0) is 6.54 Å². The molecule has 0 radical (unpaired) electrons. The molecular weight excluding hydrogens is 254 g/mol. The molecule has 0 spiro atoms. The fourth-order valence-corrected chi connectivity index (χ4v) is 1.80. The Morgan fingerprint density at radius 3 is 2.89 bits per heavy atom. The number of halogens is 1. The maximum atomic E-state index is 11.6. The molecule has 2 N–H and O–H groups in total. The number of benzene rings is 1. The average molecular weight is 266 g/mol. The topological polar surface area (TPSA) is 70.1 Å². The van der Waals surface area contributed by atoms with Crippen LogP contribution >= 0.6 is 11.6 Å². The molecule has 0 saturated carbocycles. The molecule has 1 heterocycles. The number of ether oxygens (including phenoxy) is 1. The second-order valence-corrected chi connectivity index (χ2v) is 4.15. The molecule has 0 amide bonds. The largest absolute Gasteiger partial charge is 0.496 e. The molecule has 18 heavy (non-hydrogen) atoms. The number of nitrogens with zero attached hydrogens (tertiary/aromatic N) is 2. The Morgan fingerprint density at radius 1 is 1.39 bits per heavy atom. The highest BCUT2D eigenvalue weighted by Gasteiger charge is 2.07. The molecule has 6 heteroatoms. The molecule has 94 valence electrons. The summed E-state index contributed by atoms with van der Waals surface area (Å²) in [4.78, 5) is 11.6. The standard InChI is InChI=1S/C12H12ClN3O2/c1-18-10-3-2-9(13)6-8(10)7-16-12(17)5-4-11(14)15-16/h2-6H,7H2,1H3,(H2,14,15). The zero-order chi connectivity index (χ0) is 13.1. The minimum Gasteiger partial charge on any atom is -0.496 e. The van der Waals surface area contributed by atoms with Crippen molar-refractivity contribution in [2.75, 3.05) is 12.8 Å². The monoisotopic (exact) mass is 265 g/mol. The van der Waals surface area contributed by atoms with Crippen molar-refractivity contribution in [3.63, 3.8) is 0 Å². The first-order chi connectivity index (χ1) is 8.60. The summed E-state index contributed by atoms with van der Waals surface area (Å²) in [5, 5.41) is 4.53. The van der Waals surface area contributed by atoms with Gasteiger partial charge in [-0.2, -0.15) is 5.10 Å². The molecule has 0 fully saturated rings. The lowest BCUT2D eigenvalue weighted by Gasteiger charge is -2.10. The van der Waals surface area contributed by atoms with Gasteiger partial charge in [0.1, 0.15) is 11.6 Å². The van der Waals surface area contributed by atoms with E-state index in [2.05, 4.69) is 5.10 Å². The number of nitrogen functional groups attached to an aromatic ring is 1. The highest BCUT2D eigenvalue weighted by atomic mass is 35.5. The Bertz CT molecular complexity index is 625. The second-order valence-electron chi connectivity index (χ2n) is 3.71. The summed E-state index contributed by atoms with van der Waals surface area (Å²) in [5.74, 6) is 0.936. The van der Waals surface area contributed by atoms with Gasteiger partial charge in [-0.1, -0.05) is 11.6 Å². The Hall–Kier alpha value is -2.01. The second kappa shape index (κ2) is 5.10. The van der Waals surface area contributed by atoms with E-state index in [1.807, 2.05) is 0 Å². The summed E-state index contributed by atoms with van der Waals surface area (Å²) in [6.07, 6.45) is 0. The molecule has 0 aliphatic rings. The fourth-order valence-electron chi connectivity index (χ4n) is 1.61. The van der Waals surface area contributed by atoms with Crippen molar-refractivity contribution in [2.24, 2.45) is 0 Å². The van der Waals surface area contributed by atoms with Crippen LogP contribution in [0.4, 0.5) is 5.82 Å². The van der Waals surface area contributed by atoms with Crippen molar-refractivity contribution in [1.82, 2.24) is 9.78 Å². The van der Waals surface area contributed by atoms with Crippen LogP contribution in [-0.4, -0.2) is 16.9 Å². The molecule has 0 unspecified atom stereocenters. The van der Waals surface area contributed by atoms with Crippen LogP contribution < -0.4 is 16.0 Å². The maximum absolute atomic E-state index is 11.6. The van der Waals surface area contributed by atoms with Crippen LogP contribution in [0.2, 0.25) is 5.02 Å². The number of aromatic nitrogens is 2. The van der Waals surface area contributed by atoms with E-state index in [1.54, 1.807) is 25.3 Å². The molecule has 5 nitrogen and oxygen atoms in total. The highest BCUT2D eigenvalue weighted by molar-refractivity contribution is 6.30. The smallest absolute Gasteiger partial charge is 0.267 e. The lowest BCUT2D eigenvalue weighted by Crippen LogP contribution is -2.23. The summed E-state index contributed by atoms with van der Waals surface area (Å²) in [6.45, 7) is 0.258. The lowest BCUT2D eigenvalue weighted by molar-refractivity contribution is 0.407. The van der Waals surface area contributed by atoms with Gasteiger partial charge in [-0.25, -0.2) is 4.68 Å². The van der Waals surface area contributed by atoms with Crippen LogP contribution in [0.1, 0.15) is 5.56 Å². The molecule has 0 aliphatic carbocycles. The number of rotatable bonds is 3. The van der Waals surface area contributed by atoms with E-state index in [0.29, 0.717) is 10.8 Å². The molecule has 0 aliphatic heterocycles. The van der Waals surface area contributed by atoms with Gasteiger partial charge in [0.15, 0.2) is 0 Å². The summed E-state index contributed by atoms with van der Waals surface area (Å²) in [6, 6.07) is 8.04. The van der Waals surface area contributed by atoms with E-state index in [-0.39, 0.29) is 17.9 Å². The Balaban J connectivity index is 2.42. The number of methoxy groups -OCH3 is 1. The van der Waals surface area contributed by atoms with Crippen molar-refractivity contribution >= 4 is 17.4 Å². The third kappa shape index (κ3) is 2.62. The molecule has 2 aromatic rings. The SMILES string of the molecule is COc1ccc(Cl)cc1Cn1nc(N)ccc1=O. The fraction of sp³-hybridized carbons (Fsp3) is 0.167. The van der Waals surface area contributed by atoms with Crippen LogP contribution in [0.5, 0.6) is 5.75 Å². The highest BCUT2D eigenvalue weighted by Crippen LogP contribution is 2.22. The van der Waals surface area contributed by atoms with E-state index < -0.39 is 0 Å². The van der Waals surface area contributed by atoms with Gasteiger partial charge in [0, 0.05) is 16.7 Å². The van der Waals surface area contributed by atoms with Crippen LogP contribution in [0.25, 0.3) is 0 Å². The number of hydrogen-bond acceptors (Lipinski definition) is 4. The van der Waals surface area contributed by atoms with Gasteiger partial charge >= 0.3 is 0 Å².